The van der Waals surface area contributed by atoms with Gasteiger partial charge in [-0.3, -0.25) is 0 Å². The van der Waals surface area contributed by atoms with Crippen molar-refractivity contribution in [3.63, 3.8) is 0 Å². The fourth-order valence-corrected chi connectivity index (χ4v) is 2.96. The first-order valence-electron chi connectivity index (χ1n) is 7.33. The number of benzene rings is 1. The number of nitrogens with one attached hydrogen (secondary N) is 1. The summed E-state index contributed by atoms with van der Waals surface area (Å²) in [5, 5.41) is 21.9. The van der Waals surface area contributed by atoms with E-state index in [1.807, 2.05) is 12.1 Å². The summed E-state index contributed by atoms with van der Waals surface area (Å²) in [6.07, 6.45) is 4.98. The van der Waals surface area contributed by atoms with Crippen LogP contribution in [-0.4, -0.2) is 23.4 Å². The van der Waals surface area contributed by atoms with Crippen molar-refractivity contribution in [1.29, 1.82) is 0 Å². The third kappa shape index (κ3) is 4.30. The second-order valence-corrected chi connectivity index (χ2v) is 5.59. The molecule has 1 fully saturated rings. The number of aliphatic hydroxyl groups excluding tert-OH is 2. The molecule has 1 aromatic carbocycles. The van der Waals surface area contributed by atoms with Crippen LogP contribution in [-0.2, 0) is 13.2 Å². The summed E-state index contributed by atoms with van der Waals surface area (Å²) in [7, 11) is 0. The average molecular weight is 263 g/mol. The fourth-order valence-electron chi connectivity index (χ4n) is 2.96. The predicted octanol–water partition coefficient (Wildman–Crippen LogP) is 2.07. The Labute approximate surface area is 115 Å². The lowest BCUT2D eigenvalue weighted by Crippen LogP contribution is -2.32. The van der Waals surface area contributed by atoms with Gasteiger partial charge < -0.3 is 15.5 Å². The Kier molecular flexibility index (Phi) is 5.83. The minimum absolute atomic E-state index is 0.105. The quantitative estimate of drug-likeness (QED) is 0.736. The average Bonchev–Trinajstić information content (AvgIpc) is 2.48. The zero-order chi connectivity index (χ0) is 13.5. The standard InChI is InChI=1S/C16H25NO2/c18-11-14-7-5-13(6-8-14)9-17-10-15-3-1-2-4-16(15)12-19/h5-8,15-19H,1-4,9-12H2. The molecular weight excluding hydrogens is 238 g/mol. The van der Waals surface area contributed by atoms with E-state index in [0.717, 1.165) is 18.7 Å². The van der Waals surface area contributed by atoms with Gasteiger partial charge in [0.15, 0.2) is 0 Å². The highest BCUT2D eigenvalue weighted by atomic mass is 16.3. The van der Waals surface area contributed by atoms with Crippen molar-refractivity contribution in [2.45, 2.75) is 38.8 Å². The van der Waals surface area contributed by atoms with Crippen LogP contribution in [0.1, 0.15) is 36.8 Å². The summed E-state index contributed by atoms with van der Waals surface area (Å²) in [6, 6.07) is 8.05. The van der Waals surface area contributed by atoms with Crippen LogP contribution in [0.15, 0.2) is 24.3 Å². The molecule has 2 atom stereocenters. The van der Waals surface area contributed by atoms with Gasteiger partial charge in [0.2, 0.25) is 0 Å². The largest absolute Gasteiger partial charge is 0.396 e. The van der Waals surface area contributed by atoms with E-state index in [1.165, 1.54) is 31.2 Å². The molecule has 106 valence electrons. The van der Waals surface area contributed by atoms with Gasteiger partial charge in [-0.2, -0.15) is 0 Å². The van der Waals surface area contributed by atoms with Crippen molar-refractivity contribution in [2.24, 2.45) is 11.8 Å². The molecule has 0 bridgehead atoms. The molecule has 3 N–H and O–H groups in total. The first kappa shape index (κ1) is 14.5. The highest BCUT2D eigenvalue weighted by Gasteiger charge is 2.23. The Hall–Kier alpha value is -0.900. The number of hydrogen-bond acceptors (Lipinski definition) is 3. The van der Waals surface area contributed by atoms with Crippen molar-refractivity contribution in [2.75, 3.05) is 13.2 Å². The lowest BCUT2D eigenvalue weighted by molar-refractivity contribution is 0.133. The van der Waals surface area contributed by atoms with Crippen molar-refractivity contribution in [1.82, 2.24) is 5.32 Å². The van der Waals surface area contributed by atoms with Crippen LogP contribution >= 0.6 is 0 Å². The molecule has 3 nitrogen and oxygen atoms in total. The Morgan fingerprint density at radius 3 is 2.21 bits per heavy atom. The SMILES string of the molecule is OCc1ccc(CNCC2CCCCC2CO)cc1. The summed E-state index contributed by atoms with van der Waals surface area (Å²) < 4.78 is 0. The maximum atomic E-state index is 9.38. The maximum absolute atomic E-state index is 9.38. The molecule has 0 radical (unpaired) electrons. The molecule has 0 aliphatic heterocycles. The minimum atomic E-state index is 0.105. The summed E-state index contributed by atoms with van der Waals surface area (Å²) in [4.78, 5) is 0. The van der Waals surface area contributed by atoms with E-state index in [1.54, 1.807) is 0 Å². The molecule has 2 unspecified atom stereocenters. The Balaban J connectivity index is 1.75. The highest BCUT2D eigenvalue weighted by molar-refractivity contribution is 5.21. The van der Waals surface area contributed by atoms with Gasteiger partial charge in [0, 0.05) is 13.2 Å². The Morgan fingerprint density at radius 1 is 0.947 bits per heavy atom. The van der Waals surface area contributed by atoms with Crippen LogP contribution in [0, 0.1) is 11.8 Å². The number of hydrogen-bond donors (Lipinski definition) is 3. The van der Waals surface area contributed by atoms with Gasteiger partial charge in [0.1, 0.15) is 0 Å². The lowest BCUT2D eigenvalue weighted by atomic mass is 9.79. The predicted molar refractivity (Wildman–Crippen MR) is 76.6 cm³/mol. The molecule has 0 aromatic heterocycles. The van der Waals surface area contributed by atoms with Crippen molar-refractivity contribution >= 4 is 0 Å². The summed E-state index contributed by atoms with van der Waals surface area (Å²) in [5.74, 6) is 1.11. The normalized spacial score (nSPS) is 23.5. The monoisotopic (exact) mass is 263 g/mol. The summed E-state index contributed by atoms with van der Waals surface area (Å²) >= 11 is 0. The zero-order valence-corrected chi connectivity index (χ0v) is 11.5. The van der Waals surface area contributed by atoms with E-state index in [0.29, 0.717) is 18.4 Å². The van der Waals surface area contributed by atoms with E-state index in [4.69, 9.17) is 5.11 Å². The molecule has 0 spiro atoms. The van der Waals surface area contributed by atoms with E-state index >= 15 is 0 Å². The molecule has 2 rings (SSSR count). The van der Waals surface area contributed by atoms with E-state index in [9.17, 15) is 5.11 Å². The lowest BCUT2D eigenvalue weighted by Gasteiger charge is -2.30. The second-order valence-electron chi connectivity index (χ2n) is 5.59. The van der Waals surface area contributed by atoms with Gasteiger partial charge in [-0.25, -0.2) is 0 Å². The molecule has 1 aliphatic carbocycles. The van der Waals surface area contributed by atoms with Crippen LogP contribution in [0.25, 0.3) is 0 Å². The summed E-state index contributed by atoms with van der Waals surface area (Å²) in [6.45, 7) is 2.29. The van der Waals surface area contributed by atoms with Crippen molar-refractivity contribution in [3.05, 3.63) is 35.4 Å². The highest BCUT2D eigenvalue weighted by Crippen LogP contribution is 2.29. The van der Waals surface area contributed by atoms with Crippen LogP contribution in [0.4, 0.5) is 0 Å². The van der Waals surface area contributed by atoms with Gasteiger partial charge in [0.05, 0.1) is 6.61 Å². The minimum Gasteiger partial charge on any atom is -0.396 e. The molecular formula is C16H25NO2. The van der Waals surface area contributed by atoms with Gasteiger partial charge >= 0.3 is 0 Å². The van der Waals surface area contributed by atoms with Crippen LogP contribution < -0.4 is 5.32 Å². The molecule has 0 saturated heterocycles. The summed E-state index contributed by atoms with van der Waals surface area (Å²) in [5.41, 5.74) is 2.20. The van der Waals surface area contributed by atoms with Crippen molar-refractivity contribution < 1.29 is 10.2 Å². The first-order valence-corrected chi connectivity index (χ1v) is 7.33. The van der Waals surface area contributed by atoms with Crippen LogP contribution in [0.5, 0.6) is 0 Å². The van der Waals surface area contributed by atoms with E-state index in [-0.39, 0.29) is 6.61 Å². The van der Waals surface area contributed by atoms with Gasteiger partial charge in [-0.15, -0.1) is 0 Å². The van der Waals surface area contributed by atoms with Crippen LogP contribution in [0.2, 0.25) is 0 Å². The Bertz CT molecular complexity index is 364. The van der Waals surface area contributed by atoms with Crippen molar-refractivity contribution in [3.8, 4) is 0 Å². The maximum Gasteiger partial charge on any atom is 0.0681 e. The molecule has 0 amide bonds. The van der Waals surface area contributed by atoms with Gasteiger partial charge in [-0.1, -0.05) is 37.1 Å². The first-order chi connectivity index (χ1) is 9.33. The van der Waals surface area contributed by atoms with E-state index < -0.39 is 0 Å². The van der Waals surface area contributed by atoms with Gasteiger partial charge in [-0.05, 0) is 42.3 Å². The molecule has 1 aromatic rings. The Morgan fingerprint density at radius 2 is 1.58 bits per heavy atom. The van der Waals surface area contributed by atoms with Gasteiger partial charge in [0.25, 0.3) is 0 Å². The molecule has 3 heteroatoms. The molecule has 0 heterocycles. The number of aliphatic hydroxyl groups is 2. The fraction of sp³-hybridized carbons (Fsp3) is 0.625. The van der Waals surface area contributed by atoms with Crippen LogP contribution in [0.3, 0.4) is 0 Å². The zero-order valence-electron chi connectivity index (χ0n) is 11.5. The van der Waals surface area contributed by atoms with E-state index in [2.05, 4.69) is 17.4 Å². The topological polar surface area (TPSA) is 52.5 Å². The molecule has 1 aliphatic rings. The number of rotatable bonds is 6. The second kappa shape index (κ2) is 7.63. The third-order valence-corrected chi connectivity index (χ3v) is 4.24. The molecule has 19 heavy (non-hydrogen) atoms. The smallest absolute Gasteiger partial charge is 0.0681 e. The third-order valence-electron chi connectivity index (χ3n) is 4.24. The molecule has 1 saturated carbocycles.